The summed E-state index contributed by atoms with van der Waals surface area (Å²) < 4.78 is 1.15. The summed E-state index contributed by atoms with van der Waals surface area (Å²) in [5.41, 5.74) is 0. The van der Waals surface area contributed by atoms with E-state index in [2.05, 4.69) is 50.1 Å². The van der Waals surface area contributed by atoms with Crippen LogP contribution in [0.15, 0.2) is 21.0 Å². The molecule has 0 amide bonds. The van der Waals surface area contributed by atoms with Gasteiger partial charge in [0.25, 0.3) is 0 Å². The van der Waals surface area contributed by atoms with Gasteiger partial charge in [0.1, 0.15) is 0 Å². The van der Waals surface area contributed by atoms with Crippen LogP contribution in [-0.4, -0.2) is 49.4 Å². The number of halogens is 1. The van der Waals surface area contributed by atoms with E-state index < -0.39 is 0 Å². The van der Waals surface area contributed by atoms with Crippen molar-refractivity contribution in [2.45, 2.75) is 0 Å². The van der Waals surface area contributed by atoms with Crippen LogP contribution in [0, 0.1) is 0 Å². The van der Waals surface area contributed by atoms with Gasteiger partial charge < -0.3 is 4.90 Å². The van der Waals surface area contributed by atoms with Crippen LogP contribution in [0.3, 0.4) is 0 Å². The summed E-state index contributed by atoms with van der Waals surface area (Å²) in [6.07, 6.45) is 1.95. The molecule has 0 radical (unpaired) electrons. The Hall–Kier alpha value is -0.390. The van der Waals surface area contributed by atoms with Gasteiger partial charge in [-0.1, -0.05) is 0 Å². The fourth-order valence-electron chi connectivity index (χ4n) is 1.45. The van der Waals surface area contributed by atoms with Gasteiger partial charge in [0.2, 0.25) is 0 Å². The summed E-state index contributed by atoms with van der Waals surface area (Å²) in [5.74, 6) is 0. The maximum absolute atomic E-state index is 4.47. The third-order valence-electron chi connectivity index (χ3n) is 2.42. The lowest BCUT2D eigenvalue weighted by Gasteiger charge is -2.30. The van der Waals surface area contributed by atoms with Crippen LogP contribution in [0.2, 0.25) is 0 Å². The van der Waals surface area contributed by atoms with Crippen molar-refractivity contribution in [2.75, 3.05) is 33.2 Å². The Morgan fingerprint density at radius 1 is 1.33 bits per heavy atom. The summed E-state index contributed by atoms with van der Waals surface area (Å²) in [6, 6.07) is 4.13. The third kappa shape index (κ3) is 3.29. The van der Waals surface area contributed by atoms with Crippen molar-refractivity contribution in [3.8, 4) is 0 Å². The van der Waals surface area contributed by atoms with Crippen LogP contribution in [-0.2, 0) is 0 Å². The summed E-state index contributed by atoms with van der Waals surface area (Å²) >= 11 is 5.15. The van der Waals surface area contributed by atoms with Crippen molar-refractivity contribution < 1.29 is 0 Å². The molecule has 0 saturated carbocycles. The van der Waals surface area contributed by atoms with Crippen molar-refractivity contribution >= 4 is 33.5 Å². The lowest BCUT2D eigenvalue weighted by atomic mass is 10.4. The van der Waals surface area contributed by atoms with Crippen molar-refractivity contribution in [2.24, 2.45) is 5.10 Å². The molecule has 0 spiro atoms. The number of hydrogen-bond acceptors (Lipinski definition) is 4. The van der Waals surface area contributed by atoms with E-state index in [1.165, 1.54) is 4.88 Å². The normalized spacial score (nSPS) is 18.9. The first-order valence-electron chi connectivity index (χ1n) is 4.97. The molecule has 0 bridgehead atoms. The molecule has 0 atom stereocenters. The van der Waals surface area contributed by atoms with Gasteiger partial charge in [0.15, 0.2) is 0 Å². The zero-order chi connectivity index (χ0) is 10.7. The van der Waals surface area contributed by atoms with Gasteiger partial charge in [0, 0.05) is 31.1 Å². The highest BCUT2D eigenvalue weighted by Crippen LogP contribution is 2.20. The maximum Gasteiger partial charge on any atom is 0.0705 e. The van der Waals surface area contributed by atoms with Crippen molar-refractivity contribution in [1.29, 1.82) is 0 Å². The first-order chi connectivity index (χ1) is 7.24. The fourth-order valence-corrected chi connectivity index (χ4v) is 2.74. The Bertz CT molecular complexity index is 342. The minimum atomic E-state index is 1.03. The van der Waals surface area contributed by atoms with Crippen LogP contribution in [0.25, 0.3) is 0 Å². The molecule has 1 aromatic rings. The van der Waals surface area contributed by atoms with Gasteiger partial charge in [-0.25, -0.2) is 0 Å². The summed E-state index contributed by atoms with van der Waals surface area (Å²) in [6.45, 7) is 4.26. The maximum atomic E-state index is 4.47. The molecule has 1 aliphatic heterocycles. The van der Waals surface area contributed by atoms with Crippen molar-refractivity contribution in [3.63, 3.8) is 0 Å². The molecule has 1 fully saturated rings. The van der Waals surface area contributed by atoms with E-state index in [1.54, 1.807) is 11.3 Å². The van der Waals surface area contributed by atoms with E-state index in [4.69, 9.17) is 0 Å². The zero-order valence-electron chi connectivity index (χ0n) is 8.69. The van der Waals surface area contributed by atoms with Gasteiger partial charge in [-0.3, -0.25) is 5.01 Å². The minimum Gasteiger partial charge on any atom is -0.303 e. The van der Waals surface area contributed by atoms with E-state index >= 15 is 0 Å². The van der Waals surface area contributed by atoms with Gasteiger partial charge in [-0.05, 0) is 35.1 Å². The standard InChI is InChI=1S/C10H14BrN3S/c1-13-4-6-14(7-5-13)12-8-9-2-3-10(11)15-9/h2-3,8H,4-7H2,1H3/b12-8+. The highest BCUT2D eigenvalue weighted by atomic mass is 79.9. The first-order valence-corrected chi connectivity index (χ1v) is 6.58. The average Bonchev–Trinajstić information content (AvgIpc) is 2.64. The highest BCUT2D eigenvalue weighted by molar-refractivity contribution is 9.11. The molecule has 0 aliphatic carbocycles. The number of likely N-dealkylation sites (N-methyl/N-ethyl adjacent to an activating group) is 1. The molecule has 2 rings (SSSR count). The van der Waals surface area contributed by atoms with Gasteiger partial charge in [0.05, 0.1) is 10.0 Å². The molecular weight excluding hydrogens is 274 g/mol. The molecule has 0 unspecified atom stereocenters. The minimum absolute atomic E-state index is 1.03. The monoisotopic (exact) mass is 287 g/mol. The Morgan fingerprint density at radius 2 is 2.07 bits per heavy atom. The molecule has 5 heteroatoms. The van der Waals surface area contributed by atoms with Crippen LogP contribution in [0.4, 0.5) is 0 Å². The Labute approximate surface area is 103 Å². The molecule has 3 nitrogen and oxygen atoms in total. The molecular formula is C10H14BrN3S. The van der Waals surface area contributed by atoms with E-state index in [0.717, 1.165) is 30.0 Å². The lowest BCUT2D eigenvalue weighted by molar-refractivity contribution is 0.159. The Morgan fingerprint density at radius 3 is 2.67 bits per heavy atom. The largest absolute Gasteiger partial charge is 0.303 e. The van der Waals surface area contributed by atoms with Gasteiger partial charge in [-0.2, -0.15) is 5.10 Å². The SMILES string of the molecule is CN1CCN(/N=C/c2ccc(Br)s2)CC1. The predicted molar refractivity (Wildman–Crippen MR) is 68.7 cm³/mol. The Balaban J connectivity index is 1.89. The summed E-state index contributed by atoms with van der Waals surface area (Å²) in [7, 11) is 2.15. The second-order valence-electron chi connectivity index (χ2n) is 3.64. The fraction of sp³-hybridized carbons (Fsp3) is 0.500. The van der Waals surface area contributed by atoms with Crippen LogP contribution >= 0.6 is 27.3 Å². The van der Waals surface area contributed by atoms with Crippen LogP contribution in [0.1, 0.15) is 4.88 Å². The number of piperazine rings is 1. The number of hydrogen-bond donors (Lipinski definition) is 0. The third-order valence-corrected chi connectivity index (χ3v) is 3.98. The molecule has 1 saturated heterocycles. The average molecular weight is 288 g/mol. The number of rotatable bonds is 2. The summed E-state index contributed by atoms with van der Waals surface area (Å²) in [5, 5.41) is 6.61. The quantitative estimate of drug-likeness (QED) is 0.776. The number of hydrazone groups is 1. The van der Waals surface area contributed by atoms with E-state index in [0.29, 0.717) is 0 Å². The van der Waals surface area contributed by atoms with Gasteiger partial charge in [-0.15, -0.1) is 11.3 Å². The second-order valence-corrected chi connectivity index (χ2v) is 6.14. The highest BCUT2D eigenvalue weighted by Gasteiger charge is 2.10. The molecule has 1 aliphatic rings. The smallest absolute Gasteiger partial charge is 0.0705 e. The number of nitrogens with zero attached hydrogens (tertiary/aromatic N) is 3. The molecule has 82 valence electrons. The Kier molecular flexibility index (Phi) is 3.77. The number of thiophene rings is 1. The molecule has 1 aromatic heterocycles. The molecule has 0 N–H and O–H groups in total. The van der Waals surface area contributed by atoms with Crippen LogP contribution < -0.4 is 0 Å². The zero-order valence-corrected chi connectivity index (χ0v) is 11.1. The molecule has 0 aromatic carbocycles. The lowest BCUT2D eigenvalue weighted by Crippen LogP contribution is -2.41. The topological polar surface area (TPSA) is 18.8 Å². The summed E-state index contributed by atoms with van der Waals surface area (Å²) in [4.78, 5) is 3.52. The van der Waals surface area contributed by atoms with E-state index in [9.17, 15) is 0 Å². The van der Waals surface area contributed by atoms with E-state index in [-0.39, 0.29) is 0 Å². The molecule has 15 heavy (non-hydrogen) atoms. The second kappa shape index (κ2) is 5.09. The van der Waals surface area contributed by atoms with Crippen molar-refractivity contribution in [3.05, 3.63) is 20.8 Å². The van der Waals surface area contributed by atoms with Gasteiger partial charge >= 0.3 is 0 Å². The van der Waals surface area contributed by atoms with Crippen LogP contribution in [0.5, 0.6) is 0 Å². The predicted octanol–water partition coefficient (Wildman–Crippen LogP) is 2.09. The van der Waals surface area contributed by atoms with Crippen molar-refractivity contribution in [1.82, 2.24) is 9.91 Å². The molecule has 2 heterocycles. The first kappa shape index (κ1) is 11.1. The van der Waals surface area contributed by atoms with E-state index in [1.807, 2.05) is 6.21 Å².